The van der Waals surface area contributed by atoms with Crippen molar-refractivity contribution in [1.29, 1.82) is 0 Å². The number of unbranched alkanes of at least 4 members (excludes halogenated alkanes) is 3. The van der Waals surface area contributed by atoms with Crippen LogP contribution >= 0.6 is 0 Å². The molecule has 5 heteroatoms. The molecule has 0 atom stereocenters. The number of guanidine groups is 1. The van der Waals surface area contributed by atoms with Crippen LogP contribution in [0.4, 0.5) is 0 Å². The minimum Gasteiger partial charge on any atom is -0.481 e. The van der Waals surface area contributed by atoms with E-state index in [9.17, 15) is 0 Å². The smallest absolute Gasteiger partial charge is 0.212 e. The summed E-state index contributed by atoms with van der Waals surface area (Å²) in [5.41, 5.74) is 1.10. The zero-order chi connectivity index (χ0) is 16.2. The molecule has 0 aliphatic rings. The van der Waals surface area contributed by atoms with Crippen molar-refractivity contribution in [3.8, 4) is 5.88 Å². The van der Waals surface area contributed by atoms with Gasteiger partial charge in [0, 0.05) is 39.4 Å². The highest BCUT2D eigenvalue weighted by Crippen LogP contribution is 2.06. The monoisotopic (exact) mass is 304 g/mol. The first kappa shape index (κ1) is 18.0. The summed E-state index contributed by atoms with van der Waals surface area (Å²) in [4.78, 5) is 10.7. The summed E-state index contributed by atoms with van der Waals surface area (Å²) in [5, 5.41) is 3.35. The molecule has 0 fully saturated rings. The van der Waals surface area contributed by atoms with E-state index in [1.54, 1.807) is 7.11 Å². The maximum atomic E-state index is 5.06. The number of methoxy groups -OCH3 is 1. The summed E-state index contributed by atoms with van der Waals surface area (Å²) in [5.74, 6) is 1.53. The minimum atomic E-state index is 0.629. The molecule has 1 aromatic heterocycles. The molecule has 0 radical (unpaired) electrons. The van der Waals surface area contributed by atoms with Crippen molar-refractivity contribution in [2.75, 3.05) is 27.7 Å². The zero-order valence-corrected chi connectivity index (χ0v) is 14.0. The van der Waals surface area contributed by atoms with Gasteiger partial charge in [-0.15, -0.1) is 6.58 Å². The Bertz CT molecular complexity index is 456. The van der Waals surface area contributed by atoms with Crippen LogP contribution in [0.3, 0.4) is 0 Å². The number of rotatable bonds is 9. The van der Waals surface area contributed by atoms with E-state index < -0.39 is 0 Å². The third-order valence-corrected chi connectivity index (χ3v) is 3.43. The Hall–Kier alpha value is -2.04. The van der Waals surface area contributed by atoms with E-state index in [1.807, 2.05) is 31.5 Å². The van der Waals surface area contributed by atoms with E-state index in [-0.39, 0.29) is 0 Å². The van der Waals surface area contributed by atoms with Gasteiger partial charge in [0.1, 0.15) is 0 Å². The number of nitrogens with one attached hydrogen (secondary N) is 1. The van der Waals surface area contributed by atoms with E-state index >= 15 is 0 Å². The lowest BCUT2D eigenvalue weighted by atomic mass is 10.2. The Morgan fingerprint density at radius 2 is 2.23 bits per heavy atom. The second-order valence-corrected chi connectivity index (χ2v) is 5.17. The lowest BCUT2D eigenvalue weighted by Gasteiger charge is -2.22. The first-order valence-corrected chi connectivity index (χ1v) is 7.73. The number of nitrogens with zero attached hydrogens (tertiary/aromatic N) is 3. The fraction of sp³-hybridized carbons (Fsp3) is 0.529. The number of hydrogen-bond donors (Lipinski definition) is 1. The predicted octanol–water partition coefficient (Wildman–Crippen LogP) is 2.84. The fourth-order valence-corrected chi connectivity index (χ4v) is 2.12. The van der Waals surface area contributed by atoms with E-state index in [1.165, 1.54) is 12.8 Å². The molecule has 0 amide bonds. The largest absolute Gasteiger partial charge is 0.481 e. The van der Waals surface area contributed by atoms with Gasteiger partial charge >= 0.3 is 0 Å². The second kappa shape index (κ2) is 10.7. The summed E-state index contributed by atoms with van der Waals surface area (Å²) in [6.07, 6.45) is 8.48. The van der Waals surface area contributed by atoms with Crippen LogP contribution in [0.1, 0.15) is 31.2 Å². The first-order valence-electron chi connectivity index (χ1n) is 7.73. The predicted molar refractivity (Wildman–Crippen MR) is 92.3 cm³/mol. The molecular weight excluding hydrogens is 276 g/mol. The molecule has 1 aromatic rings. The van der Waals surface area contributed by atoms with Gasteiger partial charge in [-0.2, -0.15) is 0 Å². The van der Waals surface area contributed by atoms with E-state index in [0.717, 1.165) is 30.9 Å². The Morgan fingerprint density at radius 1 is 1.41 bits per heavy atom. The fourth-order valence-electron chi connectivity index (χ4n) is 2.12. The van der Waals surface area contributed by atoms with Crippen LogP contribution in [-0.4, -0.2) is 43.6 Å². The molecule has 0 aliphatic heterocycles. The van der Waals surface area contributed by atoms with Crippen LogP contribution in [0, 0.1) is 0 Å². The van der Waals surface area contributed by atoms with Gasteiger partial charge in [0.15, 0.2) is 5.96 Å². The molecule has 0 aromatic carbocycles. The average Bonchev–Trinajstić information content (AvgIpc) is 2.55. The van der Waals surface area contributed by atoms with Gasteiger partial charge in [-0.25, -0.2) is 4.98 Å². The third kappa shape index (κ3) is 6.61. The lowest BCUT2D eigenvalue weighted by Crippen LogP contribution is -2.39. The first-order chi connectivity index (χ1) is 10.7. The SMILES string of the molecule is C=CCCCCCN(C)C(=NC)NCc1ccc(OC)nc1. The molecule has 0 bridgehead atoms. The molecule has 0 saturated heterocycles. The Kier molecular flexibility index (Phi) is 8.72. The molecular formula is C17H28N4O. The number of pyridine rings is 1. The number of allylic oxidation sites excluding steroid dienone is 1. The third-order valence-electron chi connectivity index (χ3n) is 3.43. The van der Waals surface area contributed by atoms with Gasteiger partial charge in [0.2, 0.25) is 5.88 Å². The molecule has 122 valence electrons. The molecule has 0 spiro atoms. The Labute approximate surface area is 134 Å². The standard InChI is InChI=1S/C17H28N4O/c1-5-6-7-8-9-12-21(3)17(18-2)20-14-15-10-11-16(22-4)19-13-15/h5,10-11,13H,1,6-9,12,14H2,2-4H3,(H,18,20). The zero-order valence-electron chi connectivity index (χ0n) is 14.0. The molecule has 5 nitrogen and oxygen atoms in total. The van der Waals surface area contributed by atoms with Gasteiger partial charge in [0.05, 0.1) is 7.11 Å². The highest BCUT2D eigenvalue weighted by atomic mass is 16.5. The van der Waals surface area contributed by atoms with Crippen molar-refractivity contribution in [3.05, 3.63) is 36.5 Å². The van der Waals surface area contributed by atoms with Crippen LogP contribution in [0.25, 0.3) is 0 Å². The summed E-state index contributed by atoms with van der Waals surface area (Å²) >= 11 is 0. The van der Waals surface area contributed by atoms with Crippen LogP contribution < -0.4 is 10.1 Å². The molecule has 0 aliphatic carbocycles. The maximum Gasteiger partial charge on any atom is 0.212 e. The van der Waals surface area contributed by atoms with Crippen molar-refractivity contribution >= 4 is 5.96 Å². The van der Waals surface area contributed by atoms with Gasteiger partial charge in [-0.05, 0) is 24.8 Å². The Morgan fingerprint density at radius 3 is 2.82 bits per heavy atom. The highest BCUT2D eigenvalue weighted by Gasteiger charge is 2.05. The van der Waals surface area contributed by atoms with Crippen molar-refractivity contribution < 1.29 is 4.74 Å². The Balaban J connectivity index is 2.35. The second-order valence-electron chi connectivity index (χ2n) is 5.17. The van der Waals surface area contributed by atoms with E-state index in [2.05, 4.69) is 33.8 Å². The highest BCUT2D eigenvalue weighted by molar-refractivity contribution is 5.79. The summed E-state index contributed by atoms with van der Waals surface area (Å²) in [6, 6.07) is 3.87. The summed E-state index contributed by atoms with van der Waals surface area (Å²) < 4.78 is 5.06. The van der Waals surface area contributed by atoms with Crippen LogP contribution in [0.5, 0.6) is 5.88 Å². The summed E-state index contributed by atoms with van der Waals surface area (Å²) in [6.45, 7) is 5.44. The van der Waals surface area contributed by atoms with E-state index in [0.29, 0.717) is 12.4 Å². The van der Waals surface area contributed by atoms with E-state index in [4.69, 9.17) is 4.74 Å². The number of ether oxygens (including phenoxy) is 1. The van der Waals surface area contributed by atoms with Crippen LogP contribution in [-0.2, 0) is 6.54 Å². The quantitative estimate of drug-likeness (QED) is 0.330. The number of hydrogen-bond acceptors (Lipinski definition) is 3. The van der Waals surface area contributed by atoms with Crippen LogP contribution in [0.2, 0.25) is 0 Å². The molecule has 1 heterocycles. The van der Waals surface area contributed by atoms with Crippen LogP contribution in [0.15, 0.2) is 36.0 Å². The number of aromatic nitrogens is 1. The molecule has 0 unspecified atom stereocenters. The lowest BCUT2D eigenvalue weighted by molar-refractivity contribution is 0.397. The van der Waals surface area contributed by atoms with Crippen molar-refractivity contribution in [3.63, 3.8) is 0 Å². The molecule has 22 heavy (non-hydrogen) atoms. The van der Waals surface area contributed by atoms with Gasteiger partial charge in [-0.1, -0.05) is 18.6 Å². The molecule has 1 N–H and O–H groups in total. The minimum absolute atomic E-state index is 0.629. The normalized spacial score (nSPS) is 11.1. The topological polar surface area (TPSA) is 49.8 Å². The van der Waals surface area contributed by atoms with Crippen molar-refractivity contribution in [2.45, 2.75) is 32.2 Å². The maximum absolute atomic E-state index is 5.06. The summed E-state index contributed by atoms with van der Waals surface area (Å²) in [7, 11) is 5.49. The van der Waals surface area contributed by atoms with Gasteiger partial charge in [0.25, 0.3) is 0 Å². The molecule has 1 rings (SSSR count). The van der Waals surface area contributed by atoms with Gasteiger partial charge in [-0.3, -0.25) is 4.99 Å². The number of aliphatic imine (C=N–C) groups is 1. The van der Waals surface area contributed by atoms with Crippen molar-refractivity contribution in [2.24, 2.45) is 4.99 Å². The van der Waals surface area contributed by atoms with Crippen molar-refractivity contribution in [1.82, 2.24) is 15.2 Å². The average molecular weight is 304 g/mol. The van der Waals surface area contributed by atoms with Gasteiger partial charge < -0.3 is 15.0 Å². The molecule has 0 saturated carbocycles.